The third kappa shape index (κ3) is 2.85. The first-order chi connectivity index (χ1) is 9.72. The largest absolute Gasteiger partial charge is 0.376 e. The van der Waals surface area contributed by atoms with Crippen LogP contribution in [0.25, 0.3) is 0 Å². The second-order valence-corrected chi connectivity index (χ2v) is 6.16. The predicted molar refractivity (Wildman–Crippen MR) is 83.1 cm³/mol. The van der Waals surface area contributed by atoms with Gasteiger partial charge in [0.25, 0.3) is 0 Å². The van der Waals surface area contributed by atoms with Crippen LogP contribution in [0.1, 0.15) is 16.0 Å². The average Bonchev–Trinajstić information content (AvgIpc) is 2.92. The van der Waals surface area contributed by atoms with Crippen molar-refractivity contribution in [1.29, 1.82) is 0 Å². The van der Waals surface area contributed by atoms with Crippen molar-refractivity contribution in [3.8, 4) is 0 Å². The van der Waals surface area contributed by atoms with Crippen LogP contribution in [0.3, 0.4) is 0 Å². The van der Waals surface area contributed by atoms with Gasteiger partial charge in [-0.1, -0.05) is 12.1 Å². The Morgan fingerprint density at radius 1 is 1.40 bits per heavy atom. The first kappa shape index (κ1) is 13.2. The second kappa shape index (κ2) is 5.67. The number of carbonyl (C=O) groups is 1. The van der Waals surface area contributed by atoms with Crippen molar-refractivity contribution in [2.75, 3.05) is 18.4 Å². The fourth-order valence-electron chi connectivity index (χ4n) is 2.51. The molecule has 1 aliphatic rings. The van der Waals surface area contributed by atoms with E-state index >= 15 is 0 Å². The van der Waals surface area contributed by atoms with Gasteiger partial charge in [0, 0.05) is 23.7 Å². The molecule has 3 nitrogen and oxygen atoms in total. The summed E-state index contributed by atoms with van der Waals surface area (Å²) in [5.41, 5.74) is 3.51. The quantitative estimate of drug-likeness (QED) is 0.940. The maximum Gasteiger partial charge on any atom is 0.242 e. The molecule has 0 radical (unpaired) electrons. The molecule has 2 heterocycles. The van der Waals surface area contributed by atoms with Gasteiger partial charge in [-0.2, -0.15) is 0 Å². The van der Waals surface area contributed by atoms with Crippen LogP contribution in [0.5, 0.6) is 0 Å². The Balaban J connectivity index is 1.58. The molecule has 0 unspecified atom stereocenters. The molecular weight excluding hydrogens is 268 g/mol. The van der Waals surface area contributed by atoms with Crippen LogP contribution >= 0.6 is 11.3 Å². The number of fused-ring (bicyclic) bond motifs is 1. The molecule has 4 heteroatoms. The van der Waals surface area contributed by atoms with E-state index in [0.717, 1.165) is 25.2 Å². The third-order valence-corrected chi connectivity index (χ3v) is 4.65. The Bertz CT molecular complexity index is 620. The molecule has 104 valence electrons. The lowest BCUT2D eigenvalue weighted by Crippen LogP contribution is -2.38. The highest BCUT2D eigenvalue weighted by Crippen LogP contribution is 2.24. The van der Waals surface area contributed by atoms with E-state index in [1.54, 1.807) is 11.3 Å². The normalized spacial score (nSPS) is 13.9. The smallest absolute Gasteiger partial charge is 0.242 e. The number of anilines is 1. The van der Waals surface area contributed by atoms with E-state index in [-0.39, 0.29) is 5.91 Å². The maximum atomic E-state index is 12.3. The Hall–Kier alpha value is -1.81. The summed E-state index contributed by atoms with van der Waals surface area (Å²) in [7, 11) is 0. The average molecular weight is 286 g/mol. The number of nitrogens with zero attached hydrogens (tertiary/aromatic N) is 1. The summed E-state index contributed by atoms with van der Waals surface area (Å²) in [6.45, 7) is 4.01. The Labute approximate surface area is 123 Å². The van der Waals surface area contributed by atoms with Gasteiger partial charge < -0.3 is 10.2 Å². The molecule has 1 amide bonds. The number of benzene rings is 1. The molecule has 0 spiro atoms. The lowest BCUT2D eigenvalue weighted by molar-refractivity contribution is -0.130. The van der Waals surface area contributed by atoms with Gasteiger partial charge in [-0.05, 0) is 48.1 Å². The summed E-state index contributed by atoms with van der Waals surface area (Å²) in [5, 5.41) is 5.33. The highest BCUT2D eigenvalue weighted by molar-refractivity contribution is 7.10. The van der Waals surface area contributed by atoms with Crippen molar-refractivity contribution in [1.82, 2.24) is 4.90 Å². The molecule has 0 aliphatic carbocycles. The molecule has 1 aromatic heterocycles. The van der Waals surface area contributed by atoms with Crippen molar-refractivity contribution in [3.05, 3.63) is 51.7 Å². The summed E-state index contributed by atoms with van der Waals surface area (Å²) in [6, 6.07) is 10.2. The van der Waals surface area contributed by atoms with Gasteiger partial charge >= 0.3 is 0 Å². The van der Waals surface area contributed by atoms with Crippen LogP contribution in [-0.2, 0) is 17.8 Å². The minimum Gasteiger partial charge on any atom is -0.376 e. The second-order valence-electron chi connectivity index (χ2n) is 5.16. The van der Waals surface area contributed by atoms with Crippen molar-refractivity contribution >= 4 is 22.9 Å². The van der Waals surface area contributed by atoms with Gasteiger partial charge in [-0.25, -0.2) is 0 Å². The highest BCUT2D eigenvalue weighted by Gasteiger charge is 2.20. The lowest BCUT2D eigenvalue weighted by atomic mass is 10.1. The first-order valence-corrected chi connectivity index (χ1v) is 7.74. The van der Waals surface area contributed by atoms with Crippen LogP contribution in [-0.4, -0.2) is 23.9 Å². The van der Waals surface area contributed by atoms with Crippen molar-refractivity contribution < 1.29 is 4.79 Å². The molecule has 0 saturated carbocycles. The monoisotopic (exact) mass is 286 g/mol. The summed E-state index contributed by atoms with van der Waals surface area (Å²) in [6.07, 6.45) is 0.989. The number of hydrogen-bond acceptors (Lipinski definition) is 3. The number of carbonyl (C=O) groups excluding carboxylic acids is 1. The summed E-state index contributed by atoms with van der Waals surface area (Å²) < 4.78 is 0. The third-order valence-electron chi connectivity index (χ3n) is 3.62. The first-order valence-electron chi connectivity index (χ1n) is 6.86. The molecule has 1 aromatic carbocycles. The van der Waals surface area contributed by atoms with Gasteiger partial charge in [0.15, 0.2) is 0 Å². The minimum absolute atomic E-state index is 0.170. The Morgan fingerprint density at radius 2 is 2.30 bits per heavy atom. The summed E-state index contributed by atoms with van der Waals surface area (Å²) in [5.74, 6) is 0.170. The maximum absolute atomic E-state index is 12.3. The number of nitrogens with one attached hydrogen (secondary N) is 1. The van der Waals surface area contributed by atoms with Crippen LogP contribution in [0.4, 0.5) is 5.69 Å². The molecule has 1 aliphatic heterocycles. The van der Waals surface area contributed by atoms with Gasteiger partial charge in [0.05, 0.1) is 6.54 Å². The molecule has 0 bridgehead atoms. The fraction of sp³-hybridized carbons (Fsp3) is 0.312. The van der Waals surface area contributed by atoms with Gasteiger partial charge in [-0.3, -0.25) is 4.79 Å². The molecular formula is C16H18N2OS. The number of thiophene rings is 1. The molecule has 0 saturated heterocycles. The zero-order valence-corrected chi connectivity index (χ0v) is 12.4. The van der Waals surface area contributed by atoms with Crippen LogP contribution in [0, 0.1) is 6.92 Å². The lowest BCUT2D eigenvalue weighted by Gasteiger charge is -2.27. The van der Waals surface area contributed by atoms with E-state index in [9.17, 15) is 4.79 Å². The Kier molecular flexibility index (Phi) is 3.74. The van der Waals surface area contributed by atoms with Gasteiger partial charge in [0.1, 0.15) is 0 Å². The van der Waals surface area contributed by atoms with E-state index in [0.29, 0.717) is 6.54 Å². The summed E-state index contributed by atoms with van der Waals surface area (Å²) >= 11 is 1.80. The van der Waals surface area contributed by atoms with Crippen molar-refractivity contribution in [2.45, 2.75) is 19.9 Å². The molecule has 1 N–H and O–H groups in total. The van der Waals surface area contributed by atoms with Crippen LogP contribution in [0.15, 0.2) is 35.7 Å². The van der Waals surface area contributed by atoms with Crippen LogP contribution in [0.2, 0.25) is 0 Å². The number of rotatable bonds is 3. The minimum atomic E-state index is 0.170. The molecule has 20 heavy (non-hydrogen) atoms. The van der Waals surface area contributed by atoms with E-state index in [2.05, 4.69) is 35.8 Å². The van der Waals surface area contributed by atoms with Gasteiger partial charge in [-0.15, -0.1) is 11.3 Å². The van der Waals surface area contributed by atoms with Crippen molar-refractivity contribution in [3.63, 3.8) is 0 Å². The zero-order valence-electron chi connectivity index (χ0n) is 11.6. The SMILES string of the molecule is Cc1cccc(NCC(=O)N2CCc3sccc3C2)c1. The van der Waals surface area contributed by atoms with E-state index in [1.807, 2.05) is 17.0 Å². The van der Waals surface area contributed by atoms with Crippen LogP contribution < -0.4 is 5.32 Å². The highest BCUT2D eigenvalue weighted by atomic mass is 32.1. The fourth-order valence-corrected chi connectivity index (χ4v) is 3.40. The zero-order chi connectivity index (χ0) is 13.9. The topological polar surface area (TPSA) is 32.3 Å². The molecule has 0 fully saturated rings. The Morgan fingerprint density at radius 3 is 3.15 bits per heavy atom. The van der Waals surface area contributed by atoms with Crippen molar-refractivity contribution in [2.24, 2.45) is 0 Å². The number of aryl methyl sites for hydroxylation is 1. The van der Waals surface area contributed by atoms with Gasteiger partial charge in [0.2, 0.25) is 5.91 Å². The predicted octanol–water partition coefficient (Wildman–Crippen LogP) is 3.05. The van der Waals surface area contributed by atoms with E-state index < -0.39 is 0 Å². The molecule has 0 atom stereocenters. The van der Waals surface area contributed by atoms with E-state index in [1.165, 1.54) is 16.0 Å². The summed E-state index contributed by atoms with van der Waals surface area (Å²) in [4.78, 5) is 15.6. The number of amides is 1. The molecule has 3 rings (SSSR count). The van der Waals surface area contributed by atoms with E-state index in [4.69, 9.17) is 0 Å². The molecule has 2 aromatic rings. The number of hydrogen-bond donors (Lipinski definition) is 1. The standard InChI is InChI=1S/C16H18N2OS/c1-12-3-2-4-14(9-12)17-10-16(19)18-7-5-15-13(11-18)6-8-20-15/h2-4,6,8-9,17H,5,7,10-11H2,1H3.